The molecule has 13 heteroatoms. The van der Waals surface area contributed by atoms with Gasteiger partial charge in [0.05, 0.1) is 6.54 Å². The van der Waals surface area contributed by atoms with Gasteiger partial charge in [0.1, 0.15) is 5.69 Å². The second-order valence-electron chi connectivity index (χ2n) is 8.77. The average Bonchev–Trinajstić information content (AvgIpc) is 3.21. The summed E-state index contributed by atoms with van der Waals surface area (Å²) in [6.07, 6.45) is -1.20. The molecule has 0 saturated heterocycles. The van der Waals surface area contributed by atoms with Crippen molar-refractivity contribution in [3.05, 3.63) is 70.8 Å². The number of aromatic nitrogens is 1. The number of nitrogens with two attached hydrogens (primary N) is 1. The molecule has 0 bridgehead atoms. The molecule has 3 rings (SSSR count). The lowest BCUT2D eigenvalue weighted by molar-refractivity contribution is 0.202. The quantitative estimate of drug-likeness (QED) is 0.354. The number of carbonyl (C=O) groups is 2. The molecule has 0 saturated carbocycles. The lowest BCUT2D eigenvalue weighted by Crippen LogP contribution is -2.29. The Kier molecular flexibility index (Phi) is 8.23. The van der Waals surface area contributed by atoms with Crippen molar-refractivity contribution in [2.75, 3.05) is 5.32 Å². The molecule has 36 heavy (non-hydrogen) atoms. The zero-order valence-corrected chi connectivity index (χ0v) is 21.4. The summed E-state index contributed by atoms with van der Waals surface area (Å²) in [6, 6.07) is 13.3. The van der Waals surface area contributed by atoms with E-state index in [1.807, 2.05) is 32.9 Å². The minimum absolute atomic E-state index is 0.00525. The van der Waals surface area contributed by atoms with Crippen molar-refractivity contribution in [3.63, 3.8) is 0 Å². The summed E-state index contributed by atoms with van der Waals surface area (Å²) in [5.41, 5.74) is 2.16. The van der Waals surface area contributed by atoms with E-state index < -0.39 is 22.4 Å². The third-order valence-corrected chi connectivity index (χ3v) is 5.31. The second kappa shape index (κ2) is 11.0. The highest BCUT2D eigenvalue weighted by Crippen LogP contribution is 2.31. The van der Waals surface area contributed by atoms with E-state index in [4.69, 9.17) is 16.0 Å². The molecule has 5 N–H and O–H groups in total. The number of nitrogens with one attached hydrogen (secondary N) is 3. The lowest BCUT2D eigenvalue weighted by Gasteiger charge is -2.12. The first-order valence-corrected chi connectivity index (χ1v) is 12.5. The average molecular weight is 536 g/mol. The Labute approximate surface area is 213 Å². The molecule has 0 aliphatic heterocycles. The van der Waals surface area contributed by atoms with Crippen LogP contribution in [0.5, 0.6) is 0 Å². The fraction of sp³-hybridized carbons (Fsp3) is 0.261. The van der Waals surface area contributed by atoms with Crippen molar-refractivity contribution >= 4 is 39.7 Å². The number of hydrogen-bond acceptors (Lipinski definition) is 7. The van der Waals surface area contributed by atoms with Crippen LogP contribution in [0.3, 0.4) is 0 Å². The zero-order valence-electron chi connectivity index (χ0n) is 19.8. The summed E-state index contributed by atoms with van der Waals surface area (Å²) in [5, 5.41) is 12.9. The Balaban J connectivity index is 1.61. The molecule has 1 aromatic heterocycles. The Bertz CT molecular complexity index is 1350. The molecule has 0 aliphatic rings. The van der Waals surface area contributed by atoms with Gasteiger partial charge < -0.3 is 24.6 Å². The van der Waals surface area contributed by atoms with Gasteiger partial charge in [-0.05, 0) is 29.8 Å². The first kappa shape index (κ1) is 27.0. The number of nitrogens with zero attached hydrogens (tertiary/aromatic N) is 1. The molecule has 0 aliphatic carbocycles. The van der Waals surface area contributed by atoms with E-state index >= 15 is 0 Å². The highest BCUT2D eigenvalue weighted by molar-refractivity contribution is 7.84. The van der Waals surface area contributed by atoms with Gasteiger partial charge in [0.2, 0.25) is 0 Å². The van der Waals surface area contributed by atoms with Gasteiger partial charge in [-0.3, -0.25) is 0 Å². The van der Waals surface area contributed by atoms with Crippen LogP contribution >= 0.6 is 11.6 Å². The van der Waals surface area contributed by atoms with Crippen LogP contribution in [0.4, 0.5) is 15.3 Å². The first-order chi connectivity index (χ1) is 16.8. The number of anilines is 1. The predicted octanol–water partition coefficient (Wildman–Crippen LogP) is 4.04. The van der Waals surface area contributed by atoms with Crippen molar-refractivity contribution in [1.82, 2.24) is 15.6 Å². The van der Waals surface area contributed by atoms with E-state index in [0.29, 0.717) is 33.6 Å². The third-order valence-electron chi connectivity index (χ3n) is 4.69. The van der Waals surface area contributed by atoms with Gasteiger partial charge in [-0.25, -0.2) is 14.6 Å². The second-order valence-corrected chi connectivity index (χ2v) is 10.4. The molecule has 0 unspecified atom stereocenters. The van der Waals surface area contributed by atoms with Gasteiger partial charge in [-0.1, -0.05) is 56.6 Å². The molecule has 0 atom stereocenters. The largest absolute Gasteiger partial charge is 0.443 e. The van der Waals surface area contributed by atoms with Crippen LogP contribution in [0.15, 0.2) is 52.9 Å². The van der Waals surface area contributed by atoms with E-state index in [-0.39, 0.29) is 18.5 Å². The van der Waals surface area contributed by atoms with E-state index in [1.54, 1.807) is 36.4 Å². The summed E-state index contributed by atoms with van der Waals surface area (Å²) in [5.74, 6) is 1.02. The maximum Gasteiger partial charge on any atom is 0.423 e. The van der Waals surface area contributed by atoms with E-state index in [9.17, 15) is 18.0 Å². The van der Waals surface area contributed by atoms with Gasteiger partial charge in [0.25, 0.3) is 0 Å². The Hall–Kier alpha value is -3.61. The molecular weight excluding hydrogens is 510 g/mol. The number of amides is 3. The molecule has 1 heterocycles. The minimum atomic E-state index is -4.38. The fourth-order valence-corrected chi connectivity index (χ4v) is 3.46. The van der Waals surface area contributed by atoms with Crippen molar-refractivity contribution in [2.24, 2.45) is 5.14 Å². The van der Waals surface area contributed by atoms with Gasteiger partial charge in [0.15, 0.2) is 11.7 Å². The van der Waals surface area contributed by atoms with E-state index in [0.717, 1.165) is 5.56 Å². The van der Waals surface area contributed by atoms with E-state index in [2.05, 4.69) is 30.3 Å². The lowest BCUT2D eigenvalue weighted by atomic mass is 9.97. The van der Waals surface area contributed by atoms with Gasteiger partial charge >= 0.3 is 22.4 Å². The molecule has 11 nitrogen and oxygen atoms in total. The topological polar surface area (TPSA) is 166 Å². The third kappa shape index (κ3) is 7.97. The first-order valence-electron chi connectivity index (χ1n) is 10.7. The molecule has 2 aromatic carbocycles. The number of rotatable bonds is 7. The molecule has 192 valence electrons. The molecule has 3 amide bonds. The van der Waals surface area contributed by atoms with Crippen LogP contribution in [-0.2, 0) is 33.0 Å². The standard InChI is InChI=1S/C23H26ClN5O6S/c1-23(2,3)20-29-19(15-5-4-6-16(24)11-15)18(34-20)13-26-21(30)28-17-9-7-14(8-10-17)12-27-22(31)35-36(25,32)33/h4-11H,12-13H2,1-3H3,(H,27,31)(H2,25,32,33)(H2,26,28,30). The molecule has 0 fully saturated rings. The summed E-state index contributed by atoms with van der Waals surface area (Å²) < 4.78 is 31.4. The van der Waals surface area contributed by atoms with Gasteiger partial charge in [0, 0.05) is 28.2 Å². The van der Waals surface area contributed by atoms with Crippen molar-refractivity contribution in [1.29, 1.82) is 0 Å². The van der Waals surface area contributed by atoms with Gasteiger partial charge in [-0.2, -0.15) is 13.6 Å². The Morgan fingerprint density at radius 3 is 2.39 bits per heavy atom. The van der Waals surface area contributed by atoms with Crippen molar-refractivity contribution in [2.45, 2.75) is 39.3 Å². The molecule has 0 spiro atoms. The highest BCUT2D eigenvalue weighted by Gasteiger charge is 2.24. The minimum Gasteiger partial charge on any atom is -0.443 e. The number of urea groups is 1. The number of benzene rings is 2. The van der Waals surface area contributed by atoms with Gasteiger partial charge in [-0.15, -0.1) is 0 Å². The predicted molar refractivity (Wildman–Crippen MR) is 134 cm³/mol. The summed E-state index contributed by atoms with van der Waals surface area (Å²) >= 11 is 6.14. The van der Waals surface area contributed by atoms with Crippen molar-refractivity contribution in [3.8, 4) is 11.3 Å². The van der Waals surface area contributed by atoms with Crippen LogP contribution in [0, 0.1) is 0 Å². The normalized spacial score (nSPS) is 11.6. The Morgan fingerprint density at radius 2 is 1.78 bits per heavy atom. The van der Waals surface area contributed by atoms with E-state index in [1.165, 1.54) is 0 Å². The summed E-state index contributed by atoms with van der Waals surface area (Å²) in [7, 11) is -4.38. The number of carbonyl (C=O) groups excluding carboxylic acids is 2. The van der Waals surface area contributed by atoms with Crippen LogP contribution in [0.25, 0.3) is 11.3 Å². The summed E-state index contributed by atoms with van der Waals surface area (Å²) in [6.45, 7) is 6.02. The van der Waals surface area contributed by atoms with Crippen molar-refractivity contribution < 1.29 is 26.6 Å². The molecule has 3 aromatic rings. The van der Waals surface area contributed by atoms with Crippen LogP contribution in [0.2, 0.25) is 5.02 Å². The fourth-order valence-electron chi connectivity index (χ4n) is 3.00. The van der Waals surface area contributed by atoms with Crippen LogP contribution < -0.4 is 21.1 Å². The maximum atomic E-state index is 12.5. The monoisotopic (exact) mass is 535 g/mol. The SMILES string of the molecule is CC(C)(C)c1nc(-c2cccc(Cl)c2)c(CNC(=O)Nc2ccc(CNC(=O)OS(N)(=O)=O)cc2)o1. The molecule has 0 radical (unpaired) electrons. The smallest absolute Gasteiger partial charge is 0.423 e. The zero-order chi connectivity index (χ0) is 26.5. The van der Waals surface area contributed by atoms with Crippen LogP contribution in [0.1, 0.15) is 38.0 Å². The number of hydrogen-bond donors (Lipinski definition) is 4. The summed E-state index contributed by atoms with van der Waals surface area (Å²) in [4.78, 5) is 28.5. The Morgan fingerprint density at radius 1 is 1.08 bits per heavy atom. The van der Waals surface area contributed by atoms with Crippen LogP contribution in [-0.4, -0.2) is 25.5 Å². The maximum absolute atomic E-state index is 12.5. The molecular formula is C23H26ClN5O6S. The number of oxazole rings is 1. The highest BCUT2D eigenvalue weighted by atomic mass is 35.5. The number of halogens is 1.